The van der Waals surface area contributed by atoms with E-state index < -0.39 is 27.5 Å². The van der Waals surface area contributed by atoms with Crippen LogP contribution >= 0.6 is 0 Å². The van der Waals surface area contributed by atoms with Crippen molar-refractivity contribution < 1.29 is 21.6 Å². The third kappa shape index (κ3) is 4.51. The van der Waals surface area contributed by atoms with Crippen LogP contribution in [-0.4, -0.2) is 18.0 Å². The number of halogens is 3. The van der Waals surface area contributed by atoms with Crippen molar-refractivity contribution in [2.75, 3.05) is 4.72 Å². The Morgan fingerprint density at radius 2 is 1.77 bits per heavy atom. The van der Waals surface area contributed by atoms with Gasteiger partial charge in [0.15, 0.2) is 0 Å². The van der Waals surface area contributed by atoms with Crippen molar-refractivity contribution in [1.82, 2.24) is 9.55 Å². The van der Waals surface area contributed by atoms with Crippen molar-refractivity contribution in [3.05, 3.63) is 71.7 Å². The first-order valence-electron chi connectivity index (χ1n) is 9.53. The number of anilines is 1. The van der Waals surface area contributed by atoms with E-state index in [4.69, 9.17) is 0 Å². The summed E-state index contributed by atoms with van der Waals surface area (Å²) >= 11 is 0. The molecule has 0 amide bonds. The first-order valence-corrected chi connectivity index (χ1v) is 11.2. The van der Waals surface area contributed by atoms with Crippen LogP contribution in [0.25, 0.3) is 11.3 Å². The minimum absolute atomic E-state index is 0.269. The molecule has 2 heterocycles. The molecule has 0 spiro atoms. The average molecular weight is 435 g/mol. The molecule has 1 aliphatic heterocycles. The van der Waals surface area contributed by atoms with Crippen LogP contribution in [0, 0.1) is 0 Å². The smallest absolute Gasteiger partial charge is 0.334 e. The number of nitrogens with one attached hydrogen (secondary N) is 1. The van der Waals surface area contributed by atoms with Crippen molar-refractivity contribution >= 4 is 15.7 Å². The molecule has 0 bridgehead atoms. The summed E-state index contributed by atoms with van der Waals surface area (Å²) in [7, 11) is -3.83. The highest BCUT2D eigenvalue weighted by atomic mass is 32.2. The molecule has 1 aliphatic rings. The number of rotatable bonds is 5. The number of sulfonamides is 1. The number of aryl methyl sites for hydroxylation is 2. The molecule has 0 radical (unpaired) electrons. The molecule has 158 valence electrons. The Morgan fingerprint density at radius 3 is 2.47 bits per heavy atom. The summed E-state index contributed by atoms with van der Waals surface area (Å²) in [5, 5.41) is 0. The number of fused-ring (bicyclic) bond motifs is 1. The van der Waals surface area contributed by atoms with E-state index >= 15 is 0 Å². The van der Waals surface area contributed by atoms with E-state index in [1.165, 1.54) is 12.1 Å². The molecular formula is C21H20F3N3O2S. The van der Waals surface area contributed by atoms with Gasteiger partial charge in [0.2, 0.25) is 10.0 Å². The summed E-state index contributed by atoms with van der Waals surface area (Å²) in [6.07, 6.45) is 0.527. The molecule has 1 aromatic heterocycles. The van der Waals surface area contributed by atoms with Crippen LogP contribution in [0.15, 0.2) is 54.7 Å². The highest BCUT2D eigenvalue weighted by Gasteiger charge is 2.30. The first kappa shape index (κ1) is 20.5. The molecule has 0 fully saturated rings. The second-order valence-electron chi connectivity index (χ2n) is 7.29. The van der Waals surface area contributed by atoms with Gasteiger partial charge in [-0.3, -0.25) is 4.72 Å². The lowest BCUT2D eigenvalue weighted by molar-refractivity contribution is -0.137. The van der Waals surface area contributed by atoms with Gasteiger partial charge in [0, 0.05) is 24.7 Å². The lowest BCUT2D eigenvalue weighted by atomic mass is 10.1. The molecule has 0 aliphatic carbocycles. The summed E-state index contributed by atoms with van der Waals surface area (Å²) in [5.74, 6) is 0.553. The molecular weight excluding hydrogens is 415 g/mol. The van der Waals surface area contributed by atoms with Crippen LogP contribution in [0.5, 0.6) is 0 Å². The quantitative estimate of drug-likeness (QED) is 0.623. The lowest BCUT2D eigenvalue weighted by Gasteiger charge is -2.12. The molecule has 2 aromatic carbocycles. The zero-order valence-electron chi connectivity index (χ0n) is 16.0. The fraction of sp³-hybridized carbons (Fsp3) is 0.286. The maximum absolute atomic E-state index is 12.7. The van der Waals surface area contributed by atoms with E-state index in [9.17, 15) is 21.6 Å². The minimum atomic E-state index is -4.46. The van der Waals surface area contributed by atoms with Crippen LogP contribution in [0.3, 0.4) is 0 Å². The van der Waals surface area contributed by atoms with Crippen LogP contribution in [0.1, 0.15) is 29.8 Å². The number of hydrogen-bond donors (Lipinski definition) is 1. The number of benzene rings is 2. The van der Waals surface area contributed by atoms with Crippen LogP contribution in [-0.2, 0) is 34.9 Å². The number of aromatic nitrogens is 2. The largest absolute Gasteiger partial charge is 0.416 e. The fourth-order valence-corrected chi connectivity index (χ4v) is 4.77. The summed E-state index contributed by atoms with van der Waals surface area (Å²) in [4.78, 5) is 4.65. The Morgan fingerprint density at radius 1 is 1.03 bits per heavy atom. The van der Waals surface area contributed by atoms with Gasteiger partial charge < -0.3 is 4.57 Å². The molecule has 0 saturated carbocycles. The number of hydrogen-bond acceptors (Lipinski definition) is 3. The maximum atomic E-state index is 12.7. The van der Waals surface area contributed by atoms with E-state index in [1.807, 2.05) is 6.20 Å². The Bertz CT molecular complexity index is 1130. The van der Waals surface area contributed by atoms with Crippen LogP contribution in [0.2, 0.25) is 0 Å². The number of imidazole rings is 1. The van der Waals surface area contributed by atoms with Crippen LogP contribution in [0.4, 0.5) is 18.9 Å². The van der Waals surface area contributed by atoms with Crippen LogP contribution < -0.4 is 4.72 Å². The van der Waals surface area contributed by atoms with Gasteiger partial charge in [0.1, 0.15) is 5.82 Å². The standard InChI is InChI=1S/C21H20F3N3O2S/c22-21(23,24)16-10-8-15(9-11-16)14-30(28,29)26-18-6-2-1-5-17(18)19-13-27-12-4-3-7-20(27)25-19/h1-2,5-6,8-11,13,26H,3-4,7,12,14H2. The van der Waals surface area contributed by atoms with Crippen molar-refractivity contribution in [3.63, 3.8) is 0 Å². The molecule has 1 N–H and O–H groups in total. The lowest BCUT2D eigenvalue weighted by Crippen LogP contribution is -2.16. The van der Waals surface area contributed by atoms with E-state index in [1.54, 1.807) is 24.3 Å². The molecule has 0 unspecified atom stereocenters. The van der Waals surface area contributed by atoms with Gasteiger partial charge in [-0.25, -0.2) is 13.4 Å². The summed E-state index contributed by atoms with van der Waals surface area (Å²) in [5.41, 5.74) is 1.20. The van der Waals surface area contributed by atoms with Crippen molar-refractivity contribution in [1.29, 1.82) is 0 Å². The highest BCUT2D eigenvalue weighted by molar-refractivity contribution is 7.91. The Kier molecular flexibility index (Phi) is 5.31. The molecule has 3 aromatic rings. The van der Waals surface area contributed by atoms with E-state index in [0.717, 1.165) is 43.8 Å². The van der Waals surface area contributed by atoms with E-state index in [-0.39, 0.29) is 5.56 Å². The minimum Gasteiger partial charge on any atom is -0.334 e. The van der Waals surface area contributed by atoms with Gasteiger partial charge in [0.05, 0.1) is 22.7 Å². The monoisotopic (exact) mass is 435 g/mol. The summed E-state index contributed by atoms with van der Waals surface area (Å²) < 4.78 is 68.1. The second-order valence-corrected chi connectivity index (χ2v) is 9.02. The first-order chi connectivity index (χ1) is 14.2. The molecule has 5 nitrogen and oxygen atoms in total. The van der Waals surface area contributed by atoms with E-state index in [2.05, 4.69) is 14.3 Å². The Hall–Kier alpha value is -2.81. The van der Waals surface area contributed by atoms with Crippen molar-refractivity contribution in [3.8, 4) is 11.3 Å². The SMILES string of the molecule is O=S(=O)(Cc1ccc(C(F)(F)F)cc1)Nc1ccccc1-c1cn2c(n1)CCCC2. The molecule has 0 saturated heterocycles. The predicted octanol–water partition coefficient (Wildman–Crippen LogP) is 4.85. The van der Waals surface area contributed by atoms with Gasteiger partial charge in [-0.15, -0.1) is 0 Å². The fourth-order valence-electron chi connectivity index (χ4n) is 3.55. The van der Waals surface area contributed by atoms with E-state index in [0.29, 0.717) is 16.9 Å². The van der Waals surface area contributed by atoms with Gasteiger partial charge in [-0.2, -0.15) is 13.2 Å². The molecule has 4 rings (SSSR count). The highest BCUT2D eigenvalue weighted by Crippen LogP contribution is 2.31. The third-order valence-corrected chi connectivity index (χ3v) is 6.26. The predicted molar refractivity (Wildman–Crippen MR) is 108 cm³/mol. The maximum Gasteiger partial charge on any atom is 0.416 e. The van der Waals surface area contributed by atoms with Crippen molar-refractivity contribution in [2.24, 2.45) is 0 Å². The average Bonchev–Trinajstić information content (AvgIpc) is 3.11. The summed E-state index contributed by atoms with van der Waals surface area (Å²) in [6, 6.07) is 11.1. The van der Waals surface area contributed by atoms with Gasteiger partial charge >= 0.3 is 6.18 Å². The van der Waals surface area contributed by atoms with Gasteiger partial charge in [-0.05, 0) is 36.6 Å². The molecule has 30 heavy (non-hydrogen) atoms. The molecule has 9 heteroatoms. The number of nitrogens with zero attached hydrogens (tertiary/aromatic N) is 2. The van der Waals surface area contributed by atoms with Crippen molar-refractivity contribution in [2.45, 2.75) is 37.7 Å². The normalized spacial score (nSPS) is 14.4. The summed E-state index contributed by atoms with van der Waals surface area (Å²) in [6.45, 7) is 0.893. The number of para-hydroxylation sites is 1. The molecule has 0 atom stereocenters. The third-order valence-electron chi connectivity index (χ3n) is 5.01. The van der Waals surface area contributed by atoms with Gasteiger partial charge in [-0.1, -0.05) is 30.3 Å². The zero-order chi connectivity index (χ0) is 21.4. The zero-order valence-corrected chi connectivity index (χ0v) is 16.8. The van der Waals surface area contributed by atoms with Gasteiger partial charge in [0.25, 0.3) is 0 Å². The number of alkyl halides is 3. The Labute approximate surface area is 172 Å². The second kappa shape index (κ2) is 7.79. The Balaban J connectivity index is 1.56. The topological polar surface area (TPSA) is 64.0 Å².